The van der Waals surface area contributed by atoms with E-state index in [4.69, 9.17) is 4.74 Å². The number of benzene rings is 2. The van der Waals surface area contributed by atoms with Crippen LogP contribution in [0, 0.1) is 0 Å². The van der Waals surface area contributed by atoms with Gasteiger partial charge in [0.1, 0.15) is 5.92 Å². The molecule has 1 aliphatic heterocycles. The van der Waals surface area contributed by atoms with E-state index < -0.39 is 0 Å². The molecule has 3 nitrogen and oxygen atoms in total. The molecule has 4 heteroatoms. The van der Waals surface area contributed by atoms with E-state index in [1.54, 1.807) is 0 Å². The number of rotatable bonds is 2. The van der Waals surface area contributed by atoms with Crippen LogP contribution in [0.3, 0.4) is 0 Å². The largest absolute Gasteiger partial charge is 0.407 e. The highest BCUT2D eigenvalue weighted by Crippen LogP contribution is 2.24. The predicted molar refractivity (Wildman–Crippen MR) is 80.8 cm³/mol. The van der Waals surface area contributed by atoms with Crippen molar-refractivity contribution in [2.75, 3.05) is 6.54 Å². The zero-order valence-electron chi connectivity index (χ0n) is 10.6. The number of carbonyl (C=O) groups excluding carboxylic acids is 1. The van der Waals surface area contributed by atoms with Crippen molar-refractivity contribution in [1.82, 2.24) is 0 Å². The van der Waals surface area contributed by atoms with Gasteiger partial charge in [-0.3, -0.25) is 4.79 Å². The van der Waals surface area contributed by atoms with E-state index in [1.165, 1.54) is 0 Å². The minimum absolute atomic E-state index is 0.249. The Balaban J connectivity index is 1.84. The van der Waals surface area contributed by atoms with Crippen molar-refractivity contribution in [2.45, 2.75) is 5.92 Å². The molecule has 1 heterocycles. The van der Waals surface area contributed by atoms with Crippen LogP contribution in [0.15, 0.2) is 64.1 Å². The highest BCUT2D eigenvalue weighted by Gasteiger charge is 2.28. The number of aliphatic imine (C=N–C) groups is 1. The second kappa shape index (κ2) is 5.59. The normalized spacial score (nSPS) is 18.4. The molecule has 0 spiro atoms. The SMILES string of the molecule is O=C1OC(c2ccccc2)=NC[C@H]1c1ccc(Br)cc1. The maximum atomic E-state index is 12.1. The minimum Gasteiger partial charge on any atom is -0.407 e. The van der Waals surface area contributed by atoms with Crippen LogP contribution in [0.1, 0.15) is 17.0 Å². The lowest BCUT2D eigenvalue weighted by atomic mass is 9.98. The zero-order valence-corrected chi connectivity index (χ0v) is 12.2. The first-order chi connectivity index (χ1) is 9.74. The van der Waals surface area contributed by atoms with Gasteiger partial charge in [0.05, 0.1) is 6.54 Å². The first-order valence-electron chi connectivity index (χ1n) is 6.31. The molecule has 0 aliphatic carbocycles. The van der Waals surface area contributed by atoms with Crippen LogP contribution in [0.2, 0.25) is 0 Å². The molecule has 1 atom stereocenters. The van der Waals surface area contributed by atoms with E-state index in [0.29, 0.717) is 12.4 Å². The highest BCUT2D eigenvalue weighted by atomic mass is 79.9. The summed E-state index contributed by atoms with van der Waals surface area (Å²) in [6.07, 6.45) is 0. The van der Waals surface area contributed by atoms with Gasteiger partial charge in [0.25, 0.3) is 0 Å². The summed E-state index contributed by atoms with van der Waals surface area (Å²) in [5.74, 6) is -0.166. The van der Waals surface area contributed by atoms with E-state index in [1.807, 2.05) is 54.6 Å². The number of esters is 1. The molecule has 2 aromatic rings. The Morgan fingerprint density at radius 2 is 1.75 bits per heavy atom. The van der Waals surface area contributed by atoms with Gasteiger partial charge >= 0.3 is 5.97 Å². The zero-order chi connectivity index (χ0) is 13.9. The van der Waals surface area contributed by atoms with Crippen molar-refractivity contribution < 1.29 is 9.53 Å². The number of hydrogen-bond acceptors (Lipinski definition) is 3. The van der Waals surface area contributed by atoms with Crippen molar-refractivity contribution >= 4 is 27.8 Å². The van der Waals surface area contributed by atoms with Crippen LogP contribution in [0.4, 0.5) is 0 Å². The highest BCUT2D eigenvalue weighted by molar-refractivity contribution is 9.10. The van der Waals surface area contributed by atoms with Crippen molar-refractivity contribution in [3.05, 3.63) is 70.2 Å². The molecular weight excluding hydrogens is 318 g/mol. The summed E-state index contributed by atoms with van der Waals surface area (Å²) in [6.45, 7) is 0.421. The van der Waals surface area contributed by atoms with E-state index in [9.17, 15) is 4.79 Å². The second-order valence-electron chi connectivity index (χ2n) is 4.54. The summed E-state index contributed by atoms with van der Waals surface area (Å²) in [4.78, 5) is 16.5. The Morgan fingerprint density at radius 1 is 1.05 bits per heavy atom. The van der Waals surface area contributed by atoms with Gasteiger partial charge in [-0.2, -0.15) is 0 Å². The lowest BCUT2D eigenvalue weighted by Gasteiger charge is -2.20. The standard InChI is InChI=1S/C16H12BrNO2/c17-13-8-6-11(7-9-13)14-10-18-15(20-16(14)19)12-4-2-1-3-5-12/h1-9,14H,10H2/t14-/m0/s1. The predicted octanol–water partition coefficient (Wildman–Crippen LogP) is 3.54. The minimum atomic E-state index is -0.324. The third-order valence-corrected chi connectivity index (χ3v) is 3.72. The summed E-state index contributed by atoms with van der Waals surface area (Å²) < 4.78 is 6.35. The van der Waals surface area contributed by atoms with Gasteiger partial charge in [0.2, 0.25) is 5.90 Å². The summed E-state index contributed by atoms with van der Waals surface area (Å²) in [5, 5.41) is 0. The first kappa shape index (κ1) is 13.1. The van der Waals surface area contributed by atoms with Gasteiger partial charge in [-0.05, 0) is 29.8 Å². The van der Waals surface area contributed by atoms with Crippen molar-refractivity contribution in [2.24, 2.45) is 4.99 Å². The fourth-order valence-corrected chi connectivity index (χ4v) is 2.38. The van der Waals surface area contributed by atoms with Crippen LogP contribution in [-0.4, -0.2) is 18.4 Å². The van der Waals surface area contributed by atoms with Gasteiger partial charge in [-0.15, -0.1) is 0 Å². The van der Waals surface area contributed by atoms with Gasteiger partial charge in [-0.25, -0.2) is 4.99 Å². The molecule has 0 unspecified atom stereocenters. The molecule has 0 saturated carbocycles. The van der Waals surface area contributed by atoms with E-state index in [-0.39, 0.29) is 11.9 Å². The Kier molecular flexibility index (Phi) is 3.65. The molecule has 0 aromatic heterocycles. The second-order valence-corrected chi connectivity index (χ2v) is 5.45. The quantitative estimate of drug-likeness (QED) is 0.790. The van der Waals surface area contributed by atoms with Gasteiger partial charge in [-0.1, -0.05) is 46.3 Å². The van der Waals surface area contributed by atoms with Gasteiger partial charge in [0, 0.05) is 10.0 Å². The summed E-state index contributed by atoms with van der Waals surface area (Å²) in [5.41, 5.74) is 1.75. The summed E-state index contributed by atoms with van der Waals surface area (Å²) >= 11 is 3.38. The molecule has 2 aromatic carbocycles. The van der Waals surface area contributed by atoms with Crippen LogP contribution in [0.5, 0.6) is 0 Å². The number of cyclic esters (lactones) is 1. The van der Waals surface area contributed by atoms with Crippen molar-refractivity contribution in [3.63, 3.8) is 0 Å². The number of ether oxygens (including phenoxy) is 1. The number of carbonyl (C=O) groups is 1. The molecule has 0 radical (unpaired) electrons. The summed E-state index contributed by atoms with van der Waals surface area (Å²) in [6, 6.07) is 17.1. The van der Waals surface area contributed by atoms with Gasteiger partial charge in [0.15, 0.2) is 0 Å². The lowest BCUT2D eigenvalue weighted by molar-refractivity contribution is -0.137. The summed E-state index contributed by atoms with van der Waals surface area (Å²) in [7, 11) is 0. The Labute approximate surface area is 125 Å². The van der Waals surface area contributed by atoms with Crippen LogP contribution < -0.4 is 0 Å². The molecule has 0 amide bonds. The van der Waals surface area contributed by atoms with Crippen LogP contribution in [0.25, 0.3) is 0 Å². The third-order valence-electron chi connectivity index (χ3n) is 3.19. The van der Waals surface area contributed by atoms with E-state index >= 15 is 0 Å². The Morgan fingerprint density at radius 3 is 2.40 bits per heavy atom. The van der Waals surface area contributed by atoms with E-state index in [0.717, 1.165) is 15.6 Å². The van der Waals surface area contributed by atoms with Crippen LogP contribution in [-0.2, 0) is 9.53 Å². The maximum Gasteiger partial charge on any atom is 0.322 e. The molecule has 0 bridgehead atoms. The average Bonchev–Trinajstić information content (AvgIpc) is 2.49. The Hall–Kier alpha value is -1.94. The molecule has 3 rings (SSSR count). The molecule has 20 heavy (non-hydrogen) atoms. The average molecular weight is 330 g/mol. The monoisotopic (exact) mass is 329 g/mol. The van der Waals surface area contributed by atoms with Crippen LogP contribution >= 0.6 is 15.9 Å². The molecule has 100 valence electrons. The molecule has 1 aliphatic rings. The van der Waals surface area contributed by atoms with Crippen molar-refractivity contribution in [3.8, 4) is 0 Å². The Bertz CT molecular complexity index is 650. The maximum absolute atomic E-state index is 12.1. The number of hydrogen-bond donors (Lipinski definition) is 0. The number of halogens is 1. The van der Waals surface area contributed by atoms with Crippen molar-refractivity contribution in [1.29, 1.82) is 0 Å². The van der Waals surface area contributed by atoms with E-state index in [2.05, 4.69) is 20.9 Å². The molecule has 0 fully saturated rings. The fourth-order valence-electron chi connectivity index (χ4n) is 2.11. The fraction of sp³-hybridized carbons (Fsp3) is 0.125. The smallest absolute Gasteiger partial charge is 0.322 e. The topological polar surface area (TPSA) is 38.7 Å². The number of nitrogens with zero attached hydrogens (tertiary/aromatic N) is 1. The first-order valence-corrected chi connectivity index (χ1v) is 7.10. The molecular formula is C16H12BrNO2. The molecule has 0 N–H and O–H groups in total. The molecule has 0 saturated heterocycles. The lowest BCUT2D eigenvalue weighted by Crippen LogP contribution is -2.28. The van der Waals surface area contributed by atoms with Gasteiger partial charge < -0.3 is 4.74 Å². The third kappa shape index (κ3) is 2.65.